The first-order chi connectivity index (χ1) is 40.3. The lowest BCUT2D eigenvalue weighted by molar-refractivity contribution is -0.383. The van der Waals surface area contributed by atoms with Crippen LogP contribution in [0.25, 0.3) is 61.0 Å². The number of anilines is 4. The van der Waals surface area contributed by atoms with Gasteiger partial charge in [0.2, 0.25) is 0 Å². The first-order valence-corrected chi connectivity index (χ1v) is 27.6. The van der Waals surface area contributed by atoms with Gasteiger partial charge in [0.15, 0.2) is 0 Å². The molecule has 2 N–H and O–H groups in total. The highest BCUT2D eigenvalue weighted by atomic mass is 35.5. The third-order valence-electron chi connectivity index (χ3n) is 15.2. The Balaban J connectivity index is 0.000000173. The molecule has 82 heavy (non-hydrogen) atoms. The molecule has 0 spiro atoms. The van der Waals surface area contributed by atoms with Crippen molar-refractivity contribution in [2.75, 3.05) is 67.7 Å². The molecule has 12 aromatic rings. The van der Waals surface area contributed by atoms with Gasteiger partial charge in [0.05, 0.1) is 105 Å². The van der Waals surface area contributed by atoms with Crippen LogP contribution in [0.3, 0.4) is 0 Å². The molecule has 18 heteroatoms. The molecule has 0 saturated carbocycles. The van der Waals surface area contributed by atoms with Gasteiger partial charge in [-0.1, -0.05) is 138 Å². The quantitative estimate of drug-likeness (QED) is 0.0675. The molecule has 0 radical (unpaired) electrons. The van der Waals surface area contributed by atoms with E-state index in [9.17, 15) is 10.1 Å². The Hall–Kier alpha value is -9.45. The van der Waals surface area contributed by atoms with Crippen molar-refractivity contribution in [2.24, 2.45) is 0 Å². The van der Waals surface area contributed by atoms with Crippen molar-refractivity contribution in [1.82, 2.24) is 39.0 Å². The molecular formula is C64H52Cl2N12O4. The number of nitro groups is 1. The van der Waals surface area contributed by atoms with Crippen LogP contribution >= 0.6 is 23.2 Å². The third kappa shape index (κ3) is 9.70. The number of ether oxygens (including phenoxy) is 2. The fourth-order valence-electron chi connectivity index (χ4n) is 11.4. The number of H-pyrrole nitrogens is 1. The summed E-state index contributed by atoms with van der Waals surface area (Å²) >= 11 is 12.9. The average Bonchev–Trinajstić information content (AvgIpc) is 4.18. The number of nitrogens with one attached hydrogen (secondary N) is 2. The standard InChI is InChI=1S/C41H33ClN6O3.C23H19ClN6O/c42-35-18-10-17-33-36(19-20-43-39(33)35)45-37-26-32(46-21-23-51-24-22-46)25-34(40(37)48(49)50)38-27-47(28-44-38)41(29-11-4-1-5-12-29,30-13-6-2-7-14-30)31-15-8-3-9-16-31;24-18-3-1-2-16-20(4-5-26-22(16)18)30-14-28-23-17(19-12-25-13-27-19)10-15(11-21(23)30)29-6-8-31-9-7-29/h1-20,25-28H,21-24H2,(H,43,45);1-5,10-14H,6-9H2,(H,25,27). The number of fused-ring (bicyclic) bond motifs is 3. The Morgan fingerprint density at radius 3 is 1.76 bits per heavy atom. The number of nitrogens with zero attached hydrogens (tertiary/aromatic N) is 10. The van der Waals surface area contributed by atoms with Crippen LogP contribution in [0.2, 0.25) is 10.0 Å². The van der Waals surface area contributed by atoms with Gasteiger partial charge in [-0.15, -0.1) is 0 Å². The number of nitro benzene ring substituents is 1. The molecule has 406 valence electrons. The summed E-state index contributed by atoms with van der Waals surface area (Å²) in [6, 6.07) is 54.0. The fourth-order valence-corrected chi connectivity index (χ4v) is 11.8. The number of morpholine rings is 2. The molecule has 0 unspecified atom stereocenters. The van der Waals surface area contributed by atoms with E-state index in [0.717, 1.165) is 98.6 Å². The second kappa shape index (κ2) is 22.6. The van der Waals surface area contributed by atoms with E-state index >= 15 is 0 Å². The fraction of sp³-hybridized carbons (Fsp3) is 0.141. The Labute approximate surface area is 481 Å². The monoisotopic (exact) mass is 1120 g/mol. The summed E-state index contributed by atoms with van der Waals surface area (Å²) in [5.74, 6) is 0. The summed E-state index contributed by atoms with van der Waals surface area (Å²) in [6.07, 6.45) is 12.5. The number of pyridine rings is 2. The first-order valence-electron chi connectivity index (χ1n) is 26.9. The van der Waals surface area contributed by atoms with Gasteiger partial charge in [0.25, 0.3) is 0 Å². The zero-order chi connectivity index (χ0) is 55.6. The summed E-state index contributed by atoms with van der Waals surface area (Å²) in [6.45, 7) is 5.59. The second-order valence-electron chi connectivity index (χ2n) is 19.8. The van der Waals surface area contributed by atoms with Crippen molar-refractivity contribution in [1.29, 1.82) is 0 Å². The van der Waals surface area contributed by atoms with Gasteiger partial charge in [-0.3, -0.25) is 24.6 Å². The average molecular weight is 1120 g/mol. The largest absolute Gasteiger partial charge is 0.378 e. The molecule has 0 amide bonds. The first kappa shape index (κ1) is 52.0. The highest BCUT2D eigenvalue weighted by Gasteiger charge is 2.39. The van der Waals surface area contributed by atoms with Crippen LogP contribution in [0.5, 0.6) is 0 Å². The number of imidazole rings is 3. The van der Waals surface area contributed by atoms with Crippen LogP contribution in [0, 0.1) is 10.1 Å². The lowest BCUT2D eigenvalue weighted by atomic mass is 9.77. The predicted molar refractivity (Wildman–Crippen MR) is 324 cm³/mol. The Bertz CT molecular complexity index is 4150. The normalized spacial score (nSPS) is 13.8. The van der Waals surface area contributed by atoms with Gasteiger partial charge < -0.3 is 34.1 Å². The minimum absolute atomic E-state index is 0.0889. The Morgan fingerprint density at radius 1 is 0.585 bits per heavy atom. The SMILES string of the molecule is Clc1cccc2c(-n3cnc4c(-c5cnc[nH]5)cc(N5CCOCC5)cc43)ccnc12.O=[N+]([O-])c1c(Nc2ccnc3c(Cl)cccc23)cc(N2CCOCC2)cc1-c1cn(C(c2ccccc2)(c2ccccc2)c2ccccc2)cn1. The van der Waals surface area contributed by atoms with Crippen molar-refractivity contribution >= 4 is 84.5 Å². The minimum Gasteiger partial charge on any atom is -0.378 e. The van der Waals surface area contributed by atoms with Crippen LogP contribution in [0.1, 0.15) is 16.7 Å². The van der Waals surface area contributed by atoms with Gasteiger partial charge >= 0.3 is 5.69 Å². The molecule has 7 aromatic carbocycles. The van der Waals surface area contributed by atoms with Crippen LogP contribution in [-0.2, 0) is 15.0 Å². The van der Waals surface area contributed by atoms with Crippen molar-refractivity contribution < 1.29 is 14.4 Å². The number of para-hydroxylation sites is 2. The van der Waals surface area contributed by atoms with Gasteiger partial charge in [-0.05, 0) is 65.2 Å². The molecule has 2 saturated heterocycles. The van der Waals surface area contributed by atoms with Gasteiger partial charge in [-0.2, -0.15) is 0 Å². The number of aromatic nitrogens is 8. The zero-order valence-corrected chi connectivity index (χ0v) is 45.7. The minimum atomic E-state index is -0.831. The molecule has 0 bridgehead atoms. The van der Waals surface area contributed by atoms with Crippen molar-refractivity contribution in [2.45, 2.75) is 5.54 Å². The number of hydrogen-bond donors (Lipinski definition) is 2. The molecule has 0 aliphatic carbocycles. The summed E-state index contributed by atoms with van der Waals surface area (Å²) in [4.78, 5) is 43.4. The molecule has 5 aromatic heterocycles. The van der Waals surface area contributed by atoms with Crippen molar-refractivity contribution in [3.8, 4) is 28.2 Å². The molecule has 16 nitrogen and oxygen atoms in total. The molecule has 2 aliphatic rings. The summed E-state index contributed by atoms with van der Waals surface area (Å²) in [5.41, 5.74) is 12.2. The maximum absolute atomic E-state index is 13.1. The lowest BCUT2D eigenvalue weighted by Crippen LogP contribution is -2.36. The number of rotatable bonds is 12. The topological polar surface area (TPSA) is 170 Å². The number of benzene rings is 7. The molecular weight excluding hydrogens is 1070 g/mol. The van der Waals surface area contributed by atoms with Gasteiger partial charge in [0, 0.05) is 78.2 Å². The van der Waals surface area contributed by atoms with E-state index in [-0.39, 0.29) is 10.6 Å². The van der Waals surface area contributed by atoms with E-state index in [1.54, 1.807) is 37.2 Å². The third-order valence-corrected chi connectivity index (χ3v) is 15.8. The maximum atomic E-state index is 13.1. The van der Waals surface area contributed by atoms with E-state index in [0.29, 0.717) is 64.5 Å². The van der Waals surface area contributed by atoms with E-state index in [1.165, 1.54) is 0 Å². The summed E-state index contributed by atoms with van der Waals surface area (Å²) in [7, 11) is 0. The van der Waals surface area contributed by atoms with Gasteiger partial charge in [0.1, 0.15) is 17.6 Å². The Kier molecular flexibility index (Phi) is 14.3. The summed E-state index contributed by atoms with van der Waals surface area (Å²) < 4.78 is 15.4. The highest BCUT2D eigenvalue weighted by molar-refractivity contribution is 6.35. The number of aromatic amines is 1. The molecule has 0 atom stereocenters. The molecule has 2 aliphatic heterocycles. The van der Waals surface area contributed by atoms with Crippen LogP contribution in [0.4, 0.5) is 28.4 Å². The molecule has 2 fully saturated rings. The van der Waals surface area contributed by atoms with Crippen molar-refractivity contribution in [3.63, 3.8) is 0 Å². The van der Waals surface area contributed by atoms with Gasteiger partial charge in [-0.25, -0.2) is 15.0 Å². The van der Waals surface area contributed by atoms with Crippen molar-refractivity contribution in [3.05, 3.63) is 244 Å². The zero-order valence-electron chi connectivity index (χ0n) is 44.1. The van der Waals surface area contributed by atoms with Crippen LogP contribution in [-0.4, -0.2) is 96.6 Å². The number of halogens is 2. The van der Waals surface area contributed by atoms with E-state index < -0.39 is 5.54 Å². The number of hydrogen-bond acceptors (Lipinski definition) is 12. The van der Waals surface area contributed by atoms with Crippen LogP contribution in [0.15, 0.2) is 208 Å². The van der Waals surface area contributed by atoms with E-state index in [4.69, 9.17) is 42.6 Å². The Morgan fingerprint density at radius 2 is 1.16 bits per heavy atom. The smallest absolute Gasteiger partial charge is 0.302 e. The van der Waals surface area contributed by atoms with E-state index in [1.807, 2.05) is 122 Å². The molecule has 7 heterocycles. The highest BCUT2D eigenvalue weighted by Crippen LogP contribution is 2.46. The summed E-state index contributed by atoms with van der Waals surface area (Å²) in [5, 5.41) is 19.4. The molecule has 14 rings (SSSR count). The van der Waals surface area contributed by atoms with E-state index in [2.05, 4.69) is 92.7 Å². The lowest BCUT2D eigenvalue weighted by Gasteiger charge is -2.37. The second-order valence-corrected chi connectivity index (χ2v) is 20.7. The van der Waals surface area contributed by atoms with Crippen LogP contribution < -0.4 is 15.1 Å². The maximum Gasteiger partial charge on any atom is 0.302 e. The predicted octanol–water partition coefficient (Wildman–Crippen LogP) is 13.5.